The number of aromatic nitrogens is 1. The zero-order chi connectivity index (χ0) is 26.3. The molecule has 0 bridgehead atoms. The molecule has 0 saturated heterocycles. The number of aryl methyl sites for hydroxylation is 3. The van der Waals surface area contributed by atoms with Crippen molar-refractivity contribution in [2.75, 3.05) is 10.7 Å². The number of pyridine rings is 1. The lowest BCUT2D eigenvalue weighted by Crippen LogP contribution is -2.32. The Labute approximate surface area is 232 Å². The molecule has 0 aliphatic carbocycles. The van der Waals surface area contributed by atoms with E-state index in [1.807, 2.05) is 0 Å². The largest absolute Gasteiger partial charge is 0.310 e. The molecule has 38 heavy (non-hydrogen) atoms. The van der Waals surface area contributed by atoms with Crippen molar-refractivity contribution in [2.24, 2.45) is 0 Å². The molecule has 5 rings (SSSR count). The quantitative estimate of drug-likeness (QED) is 0.117. The van der Waals surface area contributed by atoms with Crippen LogP contribution in [0.2, 0.25) is 0 Å². The second-order valence-electron chi connectivity index (χ2n) is 9.94. The van der Waals surface area contributed by atoms with Crippen LogP contribution in [0.4, 0.5) is 17.1 Å². The Morgan fingerprint density at radius 1 is 0.632 bits per heavy atom. The Kier molecular flexibility index (Phi) is 8.25. The maximum Gasteiger partial charge on any atom is 0.169 e. The summed E-state index contributed by atoms with van der Waals surface area (Å²) in [6, 6.07) is 35.2. The SMILES string of the molecule is Cc1cccc(N(c2cccc(C)c2)c2ccc3cc(/C=C/c4cc[n+](CCCCS)cc4)ccc3c2)c1. The number of nitrogens with zero attached hydrogens (tertiary/aromatic N) is 2. The van der Waals surface area contributed by atoms with Crippen LogP contribution in [0.1, 0.15) is 35.1 Å². The van der Waals surface area contributed by atoms with Crippen LogP contribution in [-0.2, 0) is 6.54 Å². The molecule has 190 valence electrons. The van der Waals surface area contributed by atoms with Crippen LogP contribution in [0.25, 0.3) is 22.9 Å². The summed E-state index contributed by atoms with van der Waals surface area (Å²) in [5, 5.41) is 2.46. The molecule has 1 aromatic heterocycles. The van der Waals surface area contributed by atoms with Gasteiger partial charge in [-0.15, -0.1) is 0 Å². The van der Waals surface area contributed by atoms with Crippen molar-refractivity contribution in [2.45, 2.75) is 33.2 Å². The topological polar surface area (TPSA) is 7.12 Å². The third-order valence-electron chi connectivity index (χ3n) is 6.84. The lowest BCUT2D eigenvalue weighted by atomic mass is 10.0. The van der Waals surface area contributed by atoms with E-state index in [0.29, 0.717) is 0 Å². The molecule has 2 nitrogen and oxygen atoms in total. The predicted octanol–water partition coefficient (Wildman–Crippen LogP) is 9.09. The third-order valence-corrected chi connectivity index (χ3v) is 7.15. The average Bonchev–Trinajstić information content (AvgIpc) is 2.93. The van der Waals surface area contributed by atoms with Gasteiger partial charge in [-0.3, -0.25) is 0 Å². The summed E-state index contributed by atoms with van der Waals surface area (Å²) >= 11 is 4.30. The highest BCUT2D eigenvalue weighted by atomic mass is 32.1. The summed E-state index contributed by atoms with van der Waals surface area (Å²) < 4.78 is 2.24. The normalized spacial score (nSPS) is 11.3. The van der Waals surface area contributed by atoms with Gasteiger partial charge >= 0.3 is 0 Å². The molecule has 4 aromatic carbocycles. The molecule has 0 aliphatic rings. The maximum absolute atomic E-state index is 4.30. The Hall–Kier alpha value is -3.82. The molecule has 0 fully saturated rings. The van der Waals surface area contributed by atoms with Crippen LogP contribution in [-0.4, -0.2) is 5.75 Å². The number of hydrogen-bond acceptors (Lipinski definition) is 2. The summed E-state index contributed by atoms with van der Waals surface area (Å²) in [7, 11) is 0. The van der Waals surface area contributed by atoms with Crippen LogP contribution < -0.4 is 9.47 Å². The minimum Gasteiger partial charge on any atom is -0.310 e. The van der Waals surface area contributed by atoms with Crippen LogP contribution >= 0.6 is 12.6 Å². The first-order valence-corrected chi connectivity index (χ1v) is 14.0. The van der Waals surface area contributed by atoms with Gasteiger partial charge in [-0.25, -0.2) is 4.57 Å². The summed E-state index contributed by atoms with van der Waals surface area (Å²) in [5.74, 6) is 0.951. The van der Waals surface area contributed by atoms with Gasteiger partial charge < -0.3 is 4.90 Å². The van der Waals surface area contributed by atoms with Crippen LogP contribution in [0.3, 0.4) is 0 Å². The third kappa shape index (κ3) is 6.35. The first kappa shape index (κ1) is 25.8. The van der Waals surface area contributed by atoms with E-state index >= 15 is 0 Å². The molecule has 5 aromatic rings. The standard InChI is InChI=1S/C35H34N2S/c1-27-7-5-9-33(23-27)37(34-10-6-8-28(2)24-34)35-16-15-31-25-30(13-14-32(31)26-35)12-11-29-17-20-36(21-18-29)19-3-4-22-38/h5-18,20-21,23-26H,3-4,19,22H2,1-2H3/p+1. The highest BCUT2D eigenvalue weighted by Gasteiger charge is 2.13. The smallest absolute Gasteiger partial charge is 0.169 e. The van der Waals surface area contributed by atoms with Crippen molar-refractivity contribution in [3.05, 3.63) is 132 Å². The van der Waals surface area contributed by atoms with Gasteiger partial charge in [0.15, 0.2) is 12.4 Å². The van der Waals surface area contributed by atoms with Gasteiger partial charge in [0, 0.05) is 35.6 Å². The number of unbranched alkanes of at least 4 members (excludes halogenated alkanes) is 1. The summed E-state index contributed by atoms with van der Waals surface area (Å²) in [6.45, 7) is 5.33. The summed E-state index contributed by atoms with van der Waals surface area (Å²) in [4.78, 5) is 2.34. The van der Waals surface area contributed by atoms with Crippen molar-refractivity contribution < 1.29 is 4.57 Å². The fourth-order valence-corrected chi connectivity index (χ4v) is 5.03. The molecule has 0 aliphatic heterocycles. The Balaban J connectivity index is 1.40. The highest BCUT2D eigenvalue weighted by molar-refractivity contribution is 7.80. The Bertz CT molecular complexity index is 1510. The monoisotopic (exact) mass is 515 g/mol. The molecule has 1 heterocycles. The van der Waals surface area contributed by atoms with Crippen molar-refractivity contribution in [1.82, 2.24) is 0 Å². The molecule has 0 N–H and O–H groups in total. The molecule has 3 heteroatoms. The second kappa shape index (κ2) is 12.1. The van der Waals surface area contributed by atoms with Gasteiger partial charge in [-0.1, -0.05) is 54.6 Å². The number of rotatable bonds is 9. The molecule has 0 amide bonds. The average molecular weight is 516 g/mol. The molecule has 0 unspecified atom stereocenters. The summed E-state index contributed by atoms with van der Waals surface area (Å²) in [5.41, 5.74) is 8.39. The van der Waals surface area contributed by atoms with Crippen molar-refractivity contribution in [3.63, 3.8) is 0 Å². The maximum atomic E-state index is 4.30. The number of hydrogen-bond donors (Lipinski definition) is 1. The number of thiol groups is 1. The van der Waals surface area contributed by atoms with Crippen molar-refractivity contribution >= 4 is 52.6 Å². The molecular weight excluding hydrogens is 480 g/mol. The zero-order valence-electron chi connectivity index (χ0n) is 22.2. The van der Waals surface area contributed by atoms with Gasteiger partial charge in [0.25, 0.3) is 0 Å². The molecule has 0 atom stereocenters. The fraction of sp³-hybridized carbons (Fsp3) is 0.171. The fourth-order valence-electron chi connectivity index (χ4n) is 4.80. The zero-order valence-corrected chi connectivity index (χ0v) is 23.1. The van der Waals surface area contributed by atoms with Gasteiger partial charge in [0.05, 0.1) is 0 Å². The predicted molar refractivity (Wildman–Crippen MR) is 167 cm³/mol. The van der Waals surface area contributed by atoms with E-state index in [4.69, 9.17) is 0 Å². The lowest BCUT2D eigenvalue weighted by molar-refractivity contribution is -0.697. The van der Waals surface area contributed by atoms with Crippen LogP contribution in [0.15, 0.2) is 109 Å². The minimum atomic E-state index is 0.951. The molecular formula is C35H35N2S+. The van der Waals surface area contributed by atoms with Crippen LogP contribution in [0, 0.1) is 13.8 Å². The van der Waals surface area contributed by atoms with Gasteiger partial charge in [0.1, 0.15) is 6.54 Å². The lowest BCUT2D eigenvalue weighted by Gasteiger charge is -2.26. The Morgan fingerprint density at radius 3 is 1.89 bits per heavy atom. The second-order valence-corrected chi connectivity index (χ2v) is 10.4. The van der Waals surface area contributed by atoms with Gasteiger partial charge in [-0.2, -0.15) is 12.6 Å². The van der Waals surface area contributed by atoms with E-state index in [2.05, 4.69) is 158 Å². The Morgan fingerprint density at radius 2 is 1.24 bits per heavy atom. The molecule has 0 spiro atoms. The van der Waals surface area contributed by atoms with Gasteiger partial charge in [-0.05, 0) is 102 Å². The van der Waals surface area contributed by atoms with E-state index in [-0.39, 0.29) is 0 Å². The number of benzene rings is 4. The first-order chi connectivity index (χ1) is 18.6. The van der Waals surface area contributed by atoms with E-state index in [1.165, 1.54) is 44.4 Å². The number of anilines is 3. The first-order valence-electron chi connectivity index (χ1n) is 13.3. The summed E-state index contributed by atoms with van der Waals surface area (Å²) in [6.07, 6.45) is 11.0. The van der Waals surface area contributed by atoms with E-state index < -0.39 is 0 Å². The van der Waals surface area contributed by atoms with E-state index in [9.17, 15) is 0 Å². The van der Waals surface area contributed by atoms with E-state index in [1.54, 1.807) is 0 Å². The van der Waals surface area contributed by atoms with Crippen LogP contribution in [0.5, 0.6) is 0 Å². The number of fused-ring (bicyclic) bond motifs is 1. The van der Waals surface area contributed by atoms with Crippen molar-refractivity contribution in [3.8, 4) is 0 Å². The van der Waals surface area contributed by atoms with Crippen molar-refractivity contribution in [1.29, 1.82) is 0 Å². The minimum absolute atomic E-state index is 0.951. The highest BCUT2D eigenvalue weighted by Crippen LogP contribution is 2.36. The van der Waals surface area contributed by atoms with E-state index in [0.717, 1.165) is 30.8 Å². The van der Waals surface area contributed by atoms with Gasteiger partial charge in [0.2, 0.25) is 0 Å². The molecule has 0 radical (unpaired) electrons. The molecule has 0 saturated carbocycles.